The first kappa shape index (κ1) is 9.36. The number of carbonyl (C=O) groups excluding carboxylic acids is 1. The lowest BCUT2D eigenvalue weighted by Crippen LogP contribution is -2.48. The van der Waals surface area contributed by atoms with Gasteiger partial charge in [0.2, 0.25) is 0 Å². The van der Waals surface area contributed by atoms with Crippen LogP contribution in [-0.4, -0.2) is 18.1 Å². The first-order valence-corrected chi connectivity index (χ1v) is 4.72. The Morgan fingerprint density at radius 1 is 1.42 bits per heavy atom. The number of hydrogen-bond donors (Lipinski definition) is 2. The van der Waals surface area contributed by atoms with E-state index in [0.717, 1.165) is 12.8 Å². The quantitative estimate of drug-likeness (QED) is 0.650. The highest BCUT2D eigenvalue weighted by atomic mass is 16.2. The molecule has 0 atom stereocenters. The van der Waals surface area contributed by atoms with Gasteiger partial charge in [-0.05, 0) is 26.7 Å². The van der Waals surface area contributed by atoms with E-state index in [2.05, 4.69) is 17.6 Å². The highest BCUT2D eigenvalue weighted by molar-refractivity contribution is 5.74. The van der Waals surface area contributed by atoms with E-state index >= 15 is 0 Å². The molecule has 70 valence electrons. The van der Waals surface area contributed by atoms with Gasteiger partial charge in [0.1, 0.15) is 0 Å². The maximum absolute atomic E-state index is 11.2. The molecule has 0 heterocycles. The Hall–Kier alpha value is -0.730. The molecule has 0 aromatic carbocycles. The molecule has 1 aliphatic rings. The van der Waals surface area contributed by atoms with Crippen LogP contribution in [0.4, 0.5) is 4.79 Å². The number of carbonyl (C=O) groups is 1. The van der Waals surface area contributed by atoms with E-state index in [4.69, 9.17) is 0 Å². The third-order valence-corrected chi connectivity index (χ3v) is 2.46. The SMILES string of the molecule is CCNC(=O)NC1(C)CCCC1. The molecule has 1 rings (SSSR count). The summed E-state index contributed by atoms with van der Waals surface area (Å²) in [4.78, 5) is 11.2. The fourth-order valence-corrected chi connectivity index (χ4v) is 1.76. The van der Waals surface area contributed by atoms with Crippen molar-refractivity contribution < 1.29 is 4.79 Å². The zero-order valence-electron chi connectivity index (χ0n) is 7.94. The Labute approximate surface area is 73.9 Å². The van der Waals surface area contributed by atoms with Gasteiger partial charge in [-0.2, -0.15) is 0 Å². The van der Waals surface area contributed by atoms with Crippen LogP contribution in [0, 0.1) is 0 Å². The van der Waals surface area contributed by atoms with Gasteiger partial charge in [-0.1, -0.05) is 12.8 Å². The molecule has 12 heavy (non-hydrogen) atoms. The summed E-state index contributed by atoms with van der Waals surface area (Å²) >= 11 is 0. The smallest absolute Gasteiger partial charge is 0.315 e. The molecule has 3 heteroatoms. The standard InChI is InChI=1S/C9H18N2O/c1-3-10-8(12)11-9(2)6-4-5-7-9/h3-7H2,1-2H3,(H2,10,11,12). The van der Waals surface area contributed by atoms with Gasteiger partial charge >= 0.3 is 6.03 Å². The van der Waals surface area contributed by atoms with Gasteiger partial charge in [0.05, 0.1) is 0 Å². The molecule has 0 radical (unpaired) electrons. The van der Waals surface area contributed by atoms with Crippen molar-refractivity contribution in [2.45, 2.75) is 45.1 Å². The lowest BCUT2D eigenvalue weighted by molar-refractivity contribution is 0.228. The Morgan fingerprint density at radius 3 is 2.50 bits per heavy atom. The van der Waals surface area contributed by atoms with E-state index in [1.807, 2.05) is 6.92 Å². The summed E-state index contributed by atoms with van der Waals surface area (Å²) in [5.41, 5.74) is 0.0548. The van der Waals surface area contributed by atoms with Crippen molar-refractivity contribution in [1.29, 1.82) is 0 Å². The number of hydrogen-bond acceptors (Lipinski definition) is 1. The second-order valence-corrected chi connectivity index (χ2v) is 3.75. The van der Waals surface area contributed by atoms with Gasteiger partial charge in [0.25, 0.3) is 0 Å². The van der Waals surface area contributed by atoms with Crippen molar-refractivity contribution in [2.24, 2.45) is 0 Å². The van der Waals surface area contributed by atoms with E-state index in [0.29, 0.717) is 6.54 Å². The molecule has 1 fully saturated rings. The zero-order chi connectivity index (χ0) is 9.03. The first-order chi connectivity index (χ1) is 5.66. The fourth-order valence-electron chi connectivity index (χ4n) is 1.76. The Morgan fingerprint density at radius 2 is 2.00 bits per heavy atom. The molecule has 0 unspecified atom stereocenters. The minimum atomic E-state index is -0.0260. The van der Waals surface area contributed by atoms with Crippen molar-refractivity contribution >= 4 is 6.03 Å². The lowest BCUT2D eigenvalue weighted by atomic mass is 10.0. The van der Waals surface area contributed by atoms with E-state index < -0.39 is 0 Å². The van der Waals surface area contributed by atoms with Gasteiger partial charge < -0.3 is 10.6 Å². The molecule has 0 spiro atoms. The molecule has 3 nitrogen and oxygen atoms in total. The maximum Gasteiger partial charge on any atom is 0.315 e. The maximum atomic E-state index is 11.2. The van der Waals surface area contributed by atoms with E-state index in [1.54, 1.807) is 0 Å². The Balaban J connectivity index is 2.33. The van der Waals surface area contributed by atoms with Crippen LogP contribution in [0.25, 0.3) is 0 Å². The molecular formula is C9H18N2O. The minimum absolute atomic E-state index is 0.0260. The molecule has 1 saturated carbocycles. The molecule has 1 aliphatic carbocycles. The minimum Gasteiger partial charge on any atom is -0.338 e. The second-order valence-electron chi connectivity index (χ2n) is 3.75. The predicted molar refractivity (Wildman–Crippen MR) is 49.1 cm³/mol. The van der Waals surface area contributed by atoms with Crippen LogP contribution in [0.5, 0.6) is 0 Å². The first-order valence-electron chi connectivity index (χ1n) is 4.72. The van der Waals surface area contributed by atoms with Crippen molar-refractivity contribution in [3.05, 3.63) is 0 Å². The van der Waals surface area contributed by atoms with Crippen LogP contribution in [0.2, 0.25) is 0 Å². The lowest BCUT2D eigenvalue weighted by Gasteiger charge is -2.25. The van der Waals surface area contributed by atoms with Gasteiger partial charge in [-0.15, -0.1) is 0 Å². The highest BCUT2D eigenvalue weighted by Gasteiger charge is 2.29. The molecule has 0 aromatic heterocycles. The number of rotatable bonds is 2. The van der Waals surface area contributed by atoms with Gasteiger partial charge in [0.15, 0.2) is 0 Å². The highest BCUT2D eigenvalue weighted by Crippen LogP contribution is 2.28. The van der Waals surface area contributed by atoms with Crippen LogP contribution in [0.15, 0.2) is 0 Å². The molecule has 0 aliphatic heterocycles. The Kier molecular flexibility index (Phi) is 2.95. The summed E-state index contributed by atoms with van der Waals surface area (Å²) in [7, 11) is 0. The fraction of sp³-hybridized carbons (Fsp3) is 0.889. The monoisotopic (exact) mass is 170 g/mol. The number of amides is 2. The molecular weight excluding hydrogens is 152 g/mol. The third-order valence-electron chi connectivity index (χ3n) is 2.46. The van der Waals surface area contributed by atoms with E-state index in [-0.39, 0.29) is 11.6 Å². The number of urea groups is 1. The van der Waals surface area contributed by atoms with Gasteiger partial charge in [0, 0.05) is 12.1 Å². The average molecular weight is 170 g/mol. The van der Waals surface area contributed by atoms with Crippen molar-refractivity contribution in [1.82, 2.24) is 10.6 Å². The molecule has 2 amide bonds. The third kappa shape index (κ3) is 2.40. The summed E-state index contributed by atoms with van der Waals surface area (Å²) in [5.74, 6) is 0. The average Bonchev–Trinajstić information content (AvgIpc) is 2.36. The van der Waals surface area contributed by atoms with Crippen LogP contribution >= 0.6 is 0 Å². The predicted octanol–water partition coefficient (Wildman–Crippen LogP) is 1.64. The molecule has 0 aromatic rings. The summed E-state index contributed by atoms with van der Waals surface area (Å²) in [6.45, 7) is 4.74. The van der Waals surface area contributed by atoms with Crippen LogP contribution < -0.4 is 10.6 Å². The van der Waals surface area contributed by atoms with Crippen LogP contribution in [-0.2, 0) is 0 Å². The van der Waals surface area contributed by atoms with Crippen molar-refractivity contribution in [3.8, 4) is 0 Å². The molecule has 2 N–H and O–H groups in total. The second kappa shape index (κ2) is 3.78. The molecule has 0 saturated heterocycles. The molecule has 0 bridgehead atoms. The topological polar surface area (TPSA) is 41.1 Å². The van der Waals surface area contributed by atoms with Crippen LogP contribution in [0.3, 0.4) is 0 Å². The van der Waals surface area contributed by atoms with Crippen molar-refractivity contribution in [3.63, 3.8) is 0 Å². The largest absolute Gasteiger partial charge is 0.338 e. The van der Waals surface area contributed by atoms with Crippen molar-refractivity contribution in [2.75, 3.05) is 6.54 Å². The summed E-state index contributed by atoms with van der Waals surface area (Å²) in [6.07, 6.45) is 4.71. The Bertz CT molecular complexity index is 162. The van der Waals surface area contributed by atoms with Gasteiger partial charge in [-0.25, -0.2) is 4.79 Å². The zero-order valence-corrected chi connectivity index (χ0v) is 7.94. The van der Waals surface area contributed by atoms with Crippen LogP contribution in [0.1, 0.15) is 39.5 Å². The normalized spacial score (nSPS) is 20.5. The summed E-state index contributed by atoms with van der Waals surface area (Å²) in [6, 6.07) is -0.0260. The van der Waals surface area contributed by atoms with Gasteiger partial charge in [-0.3, -0.25) is 0 Å². The summed E-state index contributed by atoms with van der Waals surface area (Å²) < 4.78 is 0. The van der Waals surface area contributed by atoms with E-state index in [1.165, 1.54) is 12.8 Å². The summed E-state index contributed by atoms with van der Waals surface area (Å²) in [5, 5.41) is 5.75. The number of nitrogens with one attached hydrogen (secondary N) is 2. The van der Waals surface area contributed by atoms with E-state index in [9.17, 15) is 4.79 Å².